The van der Waals surface area contributed by atoms with Crippen molar-refractivity contribution >= 4 is 31.9 Å². The second-order valence-electron chi connectivity index (χ2n) is 15.0. The highest BCUT2D eigenvalue weighted by Crippen LogP contribution is 2.51. The number of ketones is 1. The number of carbonyl (C=O) groups excluding carboxylic acids is 1. The number of Topliss-reactive ketones (excluding diaryl/α,β-unsaturated/α-hetero) is 1. The van der Waals surface area contributed by atoms with Crippen LogP contribution in [0.5, 0.6) is 0 Å². The molecule has 1 aliphatic rings. The van der Waals surface area contributed by atoms with Gasteiger partial charge >= 0.3 is 0 Å². The van der Waals surface area contributed by atoms with Gasteiger partial charge in [0.2, 0.25) is 0 Å². The molecule has 0 bridgehead atoms. The minimum Gasteiger partial charge on any atom is -0.421 e. The van der Waals surface area contributed by atoms with Gasteiger partial charge in [0.1, 0.15) is 13.7 Å². The van der Waals surface area contributed by atoms with Crippen molar-refractivity contribution < 1.29 is 13.6 Å². The summed E-state index contributed by atoms with van der Waals surface area (Å²) in [4.78, 5) is 13.8. The molecule has 4 atom stereocenters. The van der Waals surface area contributed by atoms with Crippen LogP contribution in [0.15, 0.2) is 12.2 Å². The minimum atomic E-state index is -1.53. The normalized spacial score (nSPS) is 24.2. The molecule has 214 valence electrons. The quantitative estimate of drug-likeness (QED) is 0.104. The van der Waals surface area contributed by atoms with E-state index in [-0.39, 0.29) is 28.4 Å². The number of unbranched alkanes of at least 4 members (excludes halogenated alkanes) is 2. The van der Waals surface area contributed by atoms with Crippen molar-refractivity contribution in [2.45, 2.75) is 131 Å². The smallest absolute Gasteiger partial charge is 0.172 e. The van der Waals surface area contributed by atoms with E-state index in [2.05, 4.69) is 111 Å². The van der Waals surface area contributed by atoms with Crippen LogP contribution in [-0.4, -0.2) is 44.1 Å². The van der Waals surface area contributed by atoms with Crippen molar-refractivity contribution in [2.75, 3.05) is 6.61 Å². The maximum absolute atomic E-state index is 13.8. The van der Waals surface area contributed by atoms with Crippen LogP contribution in [0.3, 0.4) is 0 Å². The molecule has 0 aliphatic heterocycles. The predicted molar refractivity (Wildman–Crippen MR) is 170 cm³/mol. The van der Waals surface area contributed by atoms with Crippen LogP contribution < -0.4 is 0 Å². The molecule has 3 nitrogen and oxygen atoms in total. The van der Waals surface area contributed by atoms with Gasteiger partial charge in [-0.2, -0.15) is 0 Å². The average Bonchev–Trinajstić information content (AvgIpc) is 2.96. The molecule has 0 saturated heterocycles. The lowest BCUT2D eigenvalue weighted by atomic mass is 9.70. The zero-order valence-electron chi connectivity index (χ0n) is 26.7. The fraction of sp³-hybridized carbons (Fsp3) is 0.839. The molecular formula is C31H60O3Si3. The van der Waals surface area contributed by atoms with E-state index in [1.54, 1.807) is 0 Å². The molecule has 0 aromatic carbocycles. The molecular weight excluding hydrogens is 505 g/mol. The molecule has 0 heterocycles. The third-order valence-corrected chi connectivity index (χ3v) is 10.2. The van der Waals surface area contributed by atoms with Gasteiger partial charge in [0.05, 0.1) is 0 Å². The first-order valence-electron chi connectivity index (χ1n) is 14.8. The molecule has 1 saturated carbocycles. The van der Waals surface area contributed by atoms with Gasteiger partial charge in [0.15, 0.2) is 23.9 Å². The van der Waals surface area contributed by atoms with Gasteiger partial charge in [0, 0.05) is 25.4 Å². The lowest BCUT2D eigenvalue weighted by Crippen LogP contribution is -2.47. The standard InChI is InChI=1S/C31H60O3Si3/c1-29(2,3)25(18-15-14-16-22-33-35(7)8)19-20-26-27(30(4,5)6)24-28(32)31(26,34-36(9)10)21-17-23-37(11,12)13/h19-20,25-27,35-36H,14-16,18,21-22,24H2,1-13H3/t25-,26+,27+,31+/m0/s1. The molecule has 0 aromatic rings. The Bertz CT molecular complexity index is 803. The van der Waals surface area contributed by atoms with Crippen molar-refractivity contribution in [1.82, 2.24) is 0 Å². The van der Waals surface area contributed by atoms with E-state index in [0.717, 1.165) is 13.0 Å². The Kier molecular flexibility index (Phi) is 13.3. The van der Waals surface area contributed by atoms with Crippen molar-refractivity contribution in [3.8, 4) is 11.5 Å². The van der Waals surface area contributed by atoms with Crippen LogP contribution in [0.1, 0.15) is 80.1 Å². The average molecular weight is 565 g/mol. The van der Waals surface area contributed by atoms with Crippen molar-refractivity contribution in [3.63, 3.8) is 0 Å². The zero-order valence-corrected chi connectivity index (χ0v) is 30.0. The summed E-state index contributed by atoms with van der Waals surface area (Å²) in [6, 6.07) is 0. The summed E-state index contributed by atoms with van der Waals surface area (Å²) in [5.41, 5.74) is 2.93. The number of hydrogen-bond donors (Lipinski definition) is 0. The van der Waals surface area contributed by atoms with E-state index in [4.69, 9.17) is 8.85 Å². The summed E-state index contributed by atoms with van der Waals surface area (Å²) in [7, 11) is -3.92. The Labute approximate surface area is 235 Å². The van der Waals surface area contributed by atoms with E-state index >= 15 is 0 Å². The number of carbonyl (C=O) groups is 1. The van der Waals surface area contributed by atoms with Gasteiger partial charge in [0.25, 0.3) is 0 Å². The van der Waals surface area contributed by atoms with Crippen LogP contribution in [0.2, 0.25) is 45.8 Å². The summed E-state index contributed by atoms with van der Waals surface area (Å²) in [6.07, 6.45) is 10.7. The number of allylic oxidation sites excluding steroid dienone is 1. The molecule has 1 aliphatic carbocycles. The lowest BCUT2D eigenvalue weighted by molar-refractivity contribution is -0.132. The molecule has 37 heavy (non-hydrogen) atoms. The van der Waals surface area contributed by atoms with Gasteiger partial charge in [-0.05, 0) is 61.7 Å². The molecule has 6 heteroatoms. The summed E-state index contributed by atoms with van der Waals surface area (Å²) in [5, 5.41) is 0. The van der Waals surface area contributed by atoms with Gasteiger partial charge in [-0.25, -0.2) is 0 Å². The molecule has 0 radical (unpaired) electrons. The summed E-state index contributed by atoms with van der Waals surface area (Å²) >= 11 is 0. The zero-order chi connectivity index (χ0) is 28.7. The summed E-state index contributed by atoms with van der Waals surface area (Å²) in [6.45, 7) is 30.5. The Morgan fingerprint density at radius 2 is 1.65 bits per heavy atom. The highest BCUT2D eigenvalue weighted by Gasteiger charge is 2.57. The Balaban J connectivity index is 3.31. The second-order valence-corrected chi connectivity index (χ2v) is 24.6. The van der Waals surface area contributed by atoms with E-state index in [1.165, 1.54) is 19.3 Å². The maximum atomic E-state index is 13.8. The van der Waals surface area contributed by atoms with Crippen molar-refractivity contribution in [3.05, 3.63) is 12.2 Å². The second kappa shape index (κ2) is 14.3. The minimum absolute atomic E-state index is 0.0253. The molecule has 0 spiro atoms. The molecule has 0 aromatic heterocycles. The molecule has 0 unspecified atom stereocenters. The van der Waals surface area contributed by atoms with Gasteiger partial charge in [-0.1, -0.05) is 86.2 Å². The molecule has 0 N–H and O–H groups in total. The number of hydrogen-bond acceptors (Lipinski definition) is 3. The Morgan fingerprint density at radius 1 is 1.03 bits per heavy atom. The van der Waals surface area contributed by atoms with Crippen LogP contribution in [0.25, 0.3) is 0 Å². The third-order valence-electron chi connectivity index (χ3n) is 7.50. The van der Waals surface area contributed by atoms with Crippen molar-refractivity contribution in [1.29, 1.82) is 0 Å². The van der Waals surface area contributed by atoms with Crippen molar-refractivity contribution in [2.24, 2.45) is 28.6 Å². The SMILES string of the molecule is C[SiH](C)OCCCCC[C@@H](C=C[C@@H]1[C@H](C(C)(C)C)CC(=O)[C@]1(CC#C[Si](C)(C)C)O[SiH](C)C)C(C)(C)C. The van der Waals surface area contributed by atoms with E-state index in [1.807, 2.05) is 0 Å². The Hall–Kier alpha value is -0.459. The highest BCUT2D eigenvalue weighted by atomic mass is 28.3. The largest absolute Gasteiger partial charge is 0.421 e. The van der Waals surface area contributed by atoms with Gasteiger partial charge in [-0.3, -0.25) is 4.79 Å². The summed E-state index contributed by atoms with van der Waals surface area (Å²) < 4.78 is 12.6. The van der Waals surface area contributed by atoms with E-state index in [9.17, 15) is 4.79 Å². The maximum Gasteiger partial charge on any atom is 0.172 e. The topological polar surface area (TPSA) is 35.5 Å². The monoisotopic (exact) mass is 564 g/mol. The third kappa shape index (κ3) is 11.7. The van der Waals surface area contributed by atoms with Crippen LogP contribution in [0.4, 0.5) is 0 Å². The molecule has 1 rings (SSSR count). The number of rotatable bonds is 12. The van der Waals surface area contributed by atoms with Gasteiger partial charge < -0.3 is 8.85 Å². The first-order chi connectivity index (χ1) is 16.8. The van der Waals surface area contributed by atoms with E-state index < -0.39 is 31.8 Å². The first-order valence-corrected chi connectivity index (χ1v) is 23.9. The highest BCUT2D eigenvalue weighted by molar-refractivity contribution is 6.83. The molecule has 1 fully saturated rings. The van der Waals surface area contributed by atoms with Crippen LogP contribution >= 0.6 is 0 Å². The fourth-order valence-corrected chi connectivity index (χ4v) is 7.91. The fourth-order valence-electron chi connectivity index (χ4n) is 5.44. The van der Waals surface area contributed by atoms with Gasteiger partial charge in [-0.15, -0.1) is 11.5 Å². The van der Waals surface area contributed by atoms with Crippen LogP contribution in [-0.2, 0) is 13.6 Å². The predicted octanol–water partition coefficient (Wildman–Crippen LogP) is 8.03. The molecule has 0 amide bonds. The Morgan fingerprint density at radius 3 is 2.14 bits per heavy atom. The lowest BCUT2D eigenvalue weighted by Gasteiger charge is -2.39. The summed E-state index contributed by atoms with van der Waals surface area (Å²) in [5.74, 6) is 4.54. The first kappa shape index (κ1) is 34.6. The van der Waals surface area contributed by atoms with Crippen LogP contribution in [0, 0.1) is 40.0 Å². The van der Waals surface area contributed by atoms with E-state index in [0.29, 0.717) is 18.8 Å².